The van der Waals surface area contributed by atoms with Gasteiger partial charge in [0.2, 0.25) is 0 Å². The van der Waals surface area contributed by atoms with E-state index in [0.29, 0.717) is 18.8 Å². The summed E-state index contributed by atoms with van der Waals surface area (Å²) < 4.78 is 11.5. The van der Waals surface area contributed by atoms with E-state index in [1.54, 1.807) is 12.3 Å². The molecule has 134 valence electrons. The van der Waals surface area contributed by atoms with E-state index in [0.717, 1.165) is 29.3 Å². The van der Waals surface area contributed by atoms with Crippen LogP contribution in [0.4, 0.5) is 0 Å². The van der Waals surface area contributed by atoms with Gasteiger partial charge in [-0.15, -0.1) is 0 Å². The first-order valence-electron chi connectivity index (χ1n) is 8.96. The van der Waals surface area contributed by atoms with Gasteiger partial charge in [-0.2, -0.15) is 0 Å². The maximum absolute atomic E-state index is 12.7. The lowest BCUT2D eigenvalue weighted by Gasteiger charge is -2.18. The Morgan fingerprint density at radius 1 is 1.08 bits per heavy atom. The highest BCUT2D eigenvalue weighted by atomic mass is 16.6. The zero-order chi connectivity index (χ0) is 18.2. The SMILES string of the molecule is CCCCOCC(OC(=O)c1ccc2ncccc2c1)c1ccccc1. The molecule has 4 nitrogen and oxygen atoms in total. The third-order valence-corrected chi connectivity index (χ3v) is 4.17. The minimum absolute atomic E-state index is 0.352. The highest BCUT2D eigenvalue weighted by molar-refractivity contribution is 5.94. The Morgan fingerprint density at radius 2 is 1.92 bits per heavy atom. The van der Waals surface area contributed by atoms with Crippen LogP contribution in [0.15, 0.2) is 66.9 Å². The van der Waals surface area contributed by atoms with E-state index in [1.165, 1.54) is 0 Å². The first-order valence-corrected chi connectivity index (χ1v) is 8.96. The summed E-state index contributed by atoms with van der Waals surface area (Å²) in [5.74, 6) is -0.358. The first kappa shape index (κ1) is 18.1. The number of carbonyl (C=O) groups is 1. The van der Waals surface area contributed by atoms with Crippen molar-refractivity contribution < 1.29 is 14.3 Å². The average Bonchev–Trinajstić information content (AvgIpc) is 2.70. The van der Waals surface area contributed by atoms with Gasteiger partial charge < -0.3 is 9.47 Å². The fourth-order valence-electron chi connectivity index (χ4n) is 2.70. The largest absolute Gasteiger partial charge is 0.451 e. The number of esters is 1. The molecule has 0 aliphatic carbocycles. The number of ether oxygens (including phenoxy) is 2. The molecule has 0 bridgehead atoms. The Labute approximate surface area is 153 Å². The molecule has 3 rings (SSSR count). The Hall–Kier alpha value is -2.72. The summed E-state index contributed by atoms with van der Waals surface area (Å²) in [7, 11) is 0. The van der Waals surface area contributed by atoms with E-state index in [4.69, 9.17) is 9.47 Å². The van der Waals surface area contributed by atoms with Crippen LogP contribution in [-0.4, -0.2) is 24.2 Å². The number of hydrogen-bond donors (Lipinski definition) is 0. The van der Waals surface area contributed by atoms with Crippen molar-refractivity contribution in [1.29, 1.82) is 0 Å². The number of nitrogens with zero attached hydrogens (tertiary/aromatic N) is 1. The maximum Gasteiger partial charge on any atom is 0.338 e. The molecule has 2 aromatic carbocycles. The van der Waals surface area contributed by atoms with E-state index in [1.807, 2.05) is 54.6 Å². The number of hydrogen-bond acceptors (Lipinski definition) is 4. The van der Waals surface area contributed by atoms with E-state index < -0.39 is 6.10 Å². The predicted molar refractivity (Wildman–Crippen MR) is 102 cm³/mol. The fraction of sp³-hybridized carbons (Fsp3) is 0.273. The Bertz CT molecular complexity index is 848. The second-order valence-electron chi connectivity index (χ2n) is 6.14. The lowest BCUT2D eigenvalue weighted by molar-refractivity contribution is -0.00576. The van der Waals surface area contributed by atoms with E-state index in [-0.39, 0.29) is 5.97 Å². The molecule has 0 saturated heterocycles. The molecule has 0 spiro atoms. The molecule has 0 radical (unpaired) electrons. The van der Waals surface area contributed by atoms with Gasteiger partial charge in [-0.1, -0.05) is 49.7 Å². The van der Waals surface area contributed by atoms with Gasteiger partial charge in [0.1, 0.15) is 0 Å². The zero-order valence-electron chi connectivity index (χ0n) is 14.9. The van der Waals surface area contributed by atoms with Gasteiger partial charge in [-0.05, 0) is 36.2 Å². The molecule has 1 heterocycles. The van der Waals surface area contributed by atoms with Crippen LogP contribution in [0.5, 0.6) is 0 Å². The molecule has 0 aliphatic rings. The molecular weight excluding hydrogens is 326 g/mol. The number of unbranched alkanes of at least 4 members (excludes halogenated alkanes) is 1. The summed E-state index contributed by atoms with van der Waals surface area (Å²) in [6.45, 7) is 3.14. The fourth-order valence-corrected chi connectivity index (χ4v) is 2.70. The minimum Gasteiger partial charge on any atom is -0.451 e. The van der Waals surface area contributed by atoms with Crippen LogP contribution in [0.2, 0.25) is 0 Å². The maximum atomic E-state index is 12.7. The molecular formula is C22H23NO3. The van der Waals surface area contributed by atoms with Gasteiger partial charge in [0.15, 0.2) is 6.10 Å². The smallest absolute Gasteiger partial charge is 0.338 e. The van der Waals surface area contributed by atoms with E-state index in [9.17, 15) is 4.79 Å². The highest BCUT2D eigenvalue weighted by Gasteiger charge is 2.18. The first-order chi connectivity index (χ1) is 12.8. The van der Waals surface area contributed by atoms with Crippen LogP contribution in [0, 0.1) is 0 Å². The molecule has 1 aromatic heterocycles. The number of aromatic nitrogens is 1. The second kappa shape index (κ2) is 9.11. The molecule has 4 heteroatoms. The molecule has 0 N–H and O–H groups in total. The molecule has 0 aliphatic heterocycles. The quantitative estimate of drug-likeness (QED) is 0.426. The summed E-state index contributed by atoms with van der Waals surface area (Å²) in [4.78, 5) is 16.9. The Kier molecular flexibility index (Phi) is 6.34. The molecule has 1 atom stereocenters. The van der Waals surface area contributed by atoms with Gasteiger partial charge in [0.05, 0.1) is 17.7 Å². The molecule has 26 heavy (non-hydrogen) atoms. The van der Waals surface area contributed by atoms with Crippen molar-refractivity contribution >= 4 is 16.9 Å². The van der Waals surface area contributed by atoms with Crippen LogP contribution >= 0.6 is 0 Å². The lowest BCUT2D eigenvalue weighted by atomic mass is 10.1. The third-order valence-electron chi connectivity index (χ3n) is 4.17. The van der Waals surface area contributed by atoms with E-state index in [2.05, 4.69) is 11.9 Å². The predicted octanol–water partition coefficient (Wildman–Crippen LogP) is 4.95. The van der Waals surface area contributed by atoms with Crippen molar-refractivity contribution in [3.05, 3.63) is 78.0 Å². The number of pyridine rings is 1. The van der Waals surface area contributed by atoms with Gasteiger partial charge in [-0.25, -0.2) is 4.79 Å². The molecule has 3 aromatic rings. The van der Waals surface area contributed by atoms with Crippen molar-refractivity contribution in [2.45, 2.75) is 25.9 Å². The third kappa shape index (κ3) is 4.67. The Balaban J connectivity index is 1.74. The monoisotopic (exact) mass is 349 g/mol. The highest BCUT2D eigenvalue weighted by Crippen LogP contribution is 2.21. The molecule has 0 fully saturated rings. The van der Waals surface area contributed by atoms with Crippen molar-refractivity contribution in [3.8, 4) is 0 Å². The van der Waals surface area contributed by atoms with Crippen molar-refractivity contribution in [2.75, 3.05) is 13.2 Å². The van der Waals surface area contributed by atoms with Crippen LogP contribution in [-0.2, 0) is 9.47 Å². The van der Waals surface area contributed by atoms with Gasteiger partial charge in [0, 0.05) is 18.2 Å². The summed E-state index contributed by atoms with van der Waals surface area (Å²) in [6, 6.07) is 18.9. The van der Waals surface area contributed by atoms with Crippen molar-refractivity contribution in [3.63, 3.8) is 0 Å². The summed E-state index contributed by atoms with van der Waals surface area (Å²) in [6.07, 6.45) is 3.37. The van der Waals surface area contributed by atoms with Crippen LogP contribution in [0.3, 0.4) is 0 Å². The van der Waals surface area contributed by atoms with Crippen LogP contribution < -0.4 is 0 Å². The average molecular weight is 349 g/mol. The van der Waals surface area contributed by atoms with Crippen LogP contribution in [0.1, 0.15) is 41.8 Å². The van der Waals surface area contributed by atoms with Gasteiger partial charge >= 0.3 is 5.97 Å². The second-order valence-corrected chi connectivity index (χ2v) is 6.14. The van der Waals surface area contributed by atoms with Gasteiger partial charge in [0.25, 0.3) is 0 Å². The lowest BCUT2D eigenvalue weighted by Crippen LogP contribution is -2.17. The van der Waals surface area contributed by atoms with Crippen molar-refractivity contribution in [1.82, 2.24) is 4.98 Å². The molecule has 0 saturated carbocycles. The minimum atomic E-state index is -0.426. The summed E-state index contributed by atoms with van der Waals surface area (Å²) in [5.41, 5.74) is 2.30. The Morgan fingerprint density at radius 3 is 2.73 bits per heavy atom. The molecule has 1 unspecified atom stereocenters. The summed E-state index contributed by atoms with van der Waals surface area (Å²) >= 11 is 0. The topological polar surface area (TPSA) is 48.4 Å². The standard InChI is InChI=1S/C22H23NO3/c1-2-3-14-25-16-21(17-8-5-4-6-9-17)26-22(24)19-11-12-20-18(15-19)10-7-13-23-20/h4-13,15,21H,2-3,14,16H2,1H3. The number of rotatable bonds is 8. The number of carbonyl (C=O) groups excluding carboxylic acids is 1. The van der Waals surface area contributed by atoms with E-state index >= 15 is 0 Å². The summed E-state index contributed by atoms with van der Waals surface area (Å²) in [5, 5.41) is 0.914. The number of fused-ring (bicyclic) bond motifs is 1. The molecule has 0 amide bonds. The van der Waals surface area contributed by atoms with Crippen LogP contribution in [0.25, 0.3) is 10.9 Å². The number of benzene rings is 2. The zero-order valence-corrected chi connectivity index (χ0v) is 14.9. The van der Waals surface area contributed by atoms with Gasteiger partial charge in [-0.3, -0.25) is 4.98 Å². The normalized spacial score (nSPS) is 12.0. The van der Waals surface area contributed by atoms with Crippen molar-refractivity contribution in [2.24, 2.45) is 0 Å².